The predicted octanol–water partition coefficient (Wildman–Crippen LogP) is 7.78. The van der Waals surface area contributed by atoms with Crippen LogP contribution in [-0.2, 0) is 17.9 Å². The molecule has 3 aromatic carbocycles. The second-order valence-electron chi connectivity index (χ2n) is 7.82. The number of ether oxygens (including phenoxy) is 2. The third-order valence-electron chi connectivity index (χ3n) is 5.25. The topological polar surface area (TPSA) is 55.8 Å². The van der Waals surface area contributed by atoms with Crippen LogP contribution in [0.4, 0.5) is 4.79 Å². The van der Waals surface area contributed by atoms with Crippen molar-refractivity contribution >= 4 is 63.8 Å². The molecule has 0 saturated carbocycles. The molecular weight excluding hydrogens is 529 g/mol. The average Bonchev–Trinajstić information content (AvgIpc) is 3.08. The summed E-state index contributed by atoms with van der Waals surface area (Å²) in [5, 5.41) is 0.723. The SMILES string of the molecule is COc1cc(/C=C2\SC(=O)N(Cc3ccc(Cl)c(Cl)c3)C2=O)cc(Cl)c1OCc1ccc(C)cc1. The lowest BCUT2D eigenvalue weighted by Crippen LogP contribution is -2.27. The fourth-order valence-corrected chi connectivity index (χ4v) is 4.84. The molecule has 0 aliphatic carbocycles. The first-order valence-electron chi connectivity index (χ1n) is 10.5. The quantitative estimate of drug-likeness (QED) is 0.282. The minimum Gasteiger partial charge on any atom is -0.493 e. The largest absolute Gasteiger partial charge is 0.493 e. The van der Waals surface area contributed by atoms with E-state index in [9.17, 15) is 9.59 Å². The van der Waals surface area contributed by atoms with Gasteiger partial charge in [0.2, 0.25) is 0 Å². The van der Waals surface area contributed by atoms with E-state index < -0.39 is 5.91 Å². The molecule has 0 aromatic heterocycles. The van der Waals surface area contributed by atoms with E-state index in [4.69, 9.17) is 44.3 Å². The van der Waals surface area contributed by atoms with Gasteiger partial charge in [-0.25, -0.2) is 0 Å². The number of aryl methyl sites for hydroxylation is 1. The summed E-state index contributed by atoms with van der Waals surface area (Å²) in [6.07, 6.45) is 1.61. The summed E-state index contributed by atoms with van der Waals surface area (Å²) in [6, 6.07) is 16.4. The molecule has 0 atom stereocenters. The van der Waals surface area contributed by atoms with Crippen LogP contribution < -0.4 is 9.47 Å². The van der Waals surface area contributed by atoms with Crippen molar-refractivity contribution in [1.29, 1.82) is 0 Å². The number of hydrogen-bond acceptors (Lipinski definition) is 5. The number of benzene rings is 3. The maximum Gasteiger partial charge on any atom is 0.293 e. The first-order chi connectivity index (χ1) is 16.7. The van der Waals surface area contributed by atoms with Crippen LogP contribution in [-0.4, -0.2) is 23.2 Å². The van der Waals surface area contributed by atoms with E-state index in [2.05, 4.69) is 0 Å². The van der Waals surface area contributed by atoms with Gasteiger partial charge in [0, 0.05) is 0 Å². The van der Waals surface area contributed by atoms with Crippen molar-refractivity contribution in [1.82, 2.24) is 4.90 Å². The summed E-state index contributed by atoms with van der Waals surface area (Å²) in [6.45, 7) is 2.43. The van der Waals surface area contributed by atoms with Gasteiger partial charge in [-0.1, -0.05) is 70.7 Å². The smallest absolute Gasteiger partial charge is 0.293 e. The average molecular weight is 549 g/mol. The molecule has 3 aromatic rings. The molecule has 180 valence electrons. The number of halogens is 3. The second kappa shape index (κ2) is 11.0. The van der Waals surface area contributed by atoms with E-state index >= 15 is 0 Å². The lowest BCUT2D eigenvalue weighted by atomic mass is 10.1. The minimum atomic E-state index is -0.402. The van der Waals surface area contributed by atoms with Gasteiger partial charge >= 0.3 is 0 Å². The van der Waals surface area contributed by atoms with E-state index in [0.717, 1.165) is 27.8 Å². The molecule has 9 heteroatoms. The molecule has 0 unspecified atom stereocenters. The molecule has 1 heterocycles. The first kappa shape index (κ1) is 25.5. The number of nitrogens with zero attached hydrogens (tertiary/aromatic N) is 1. The molecule has 35 heavy (non-hydrogen) atoms. The summed E-state index contributed by atoms with van der Waals surface area (Å²) >= 11 is 19.4. The van der Waals surface area contributed by atoms with Crippen LogP contribution in [0.5, 0.6) is 11.5 Å². The summed E-state index contributed by atoms with van der Waals surface area (Å²) in [4.78, 5) is 26.9. The molecule has 1 fully saturated rings. The van der Waals surface area contributed by atoms with Gasteiger partial charge in [-0.2, -0.15) is 0 Å². The molecule has 1 aliphatic heterocycles. The van der Waals surface area contributed by atoms with Gasteiger partial charge in [0.05, 0.1) is 33.6 Å². The van der Waals surface area contributed by atoms with Gasteiger partial charge in [0.25, 0.3) is 11.1 Å². The highest BCUT2D eigenvalue weighted by Crippen LogP contribution is 2.39. The first-order valence-corrected chi connectivity index (χ1v) is 12.5. The number of carbonyl (C=O) groups excluding carboxylic acids is 2. The summed E-state index contributed by atoms with van der Waals surface area (Å²) in [5.74, 6) is 0.423. The zero-order valence-electron chi connectivity index (χ0n) is 18.8. The van der Waals surface area contributed by atoms with Crippen molar-refractivity contribution in [2.45, 2.75) is 20.1 Å². The maximum atomic E-state index is 12.9. The Morgan fingerprint density at radius 2 is 1.63 bits per heavy atom. The van der Waals surface area contributed by atoms with Crippen molar-refractivity contribution in [3.8, 4) is 11.5 Å². The van der Waals surface area contributed by atoms with Gasteiger partial charge < -0.3 is 9.47 Å². The third-order valence-corrected chi connectivity index (χ3v) is 7.18. The van der Waals surface area contributed by atoms with Gasteiger partial charge in [-0.3, -0.25) is 14.5 Å². The van der Waals surface area contributed by atoms with E-state index in [1.165, 1.54) is 7.11 Å². The molecule has 4 rings (SSSR count). The predicted molar refractivity (Wildman–Crippen MR) is 141 cm³/mol. The van der Waals surface area contributed by atoms with Crippen molar-refractivity contribution in [3.05, 3.63) is 96.8 Å². The number of carbonyl (C=O) groups is 2. The zero-order chi connectivity index (χ0) is 25.1. The molecule has 0 N–H and O–H groups in total. The maximum absolute atomic E-state index is 12.9. The Balaban J connectivity index is 1.52. The van der Waals surface area contributed by atoms with Crippen molar-refractivity contribution < 1.29 is 19.1 Å². The third kappa shape index (κ3) is 5.96. The molecule has 1 saturated heterocycles. The van der Waals surface area contributed by atoms with Crippen LogP contribution in [0.3, 0.4) is 0 Å². The Kier molecular flexibility index (Phi) is 7.97. The monoisotopic (exact) mass is 547 g/mol. The number of thioether (sulfide) groups is 1. The van der Waals surface area contributed by atoms with Crippen LogP contribution in [0.15, 0.2) is 59.5 Å². The lowest BCUT2D eigenvalue weighted by Gasteiger charge is -2.14. The molecule has 5 nitrogen and oxygen atoms in total. The second-order valence-corrected chi connectivity index (χ2v) is 10.0. The number of methoxy groups -OCH3 is 1. The van der Waals surface area contributed by atoms with Gasteiger partial charge in [-0.05, 0) is 65.7 Å². The fraction of sp³-hybridized carbons (Fsp3) is 0.154. The van der Waals surface area contributed by atoms with Gasteiger partial charge in [-0.15, -0.1) is 0 Å². The fourth-order valence-electron chi connectivity index (χ4n) is 3.41. The molecule has 1 aliphatic rings. The molecule has 0 spiro atoms. The minimum absolute atomic E-state index is 0.0920. The number of amides is 2. The Morgan fingerprint density at radius 3 is 2.31 bits per heavy atom. The number of rotatable bonds is 7. The highest BCUT2D eigenvalue weighted by atomic mass is 35.5. The van der Waals surface area contributed by atoms with Crippen LogP contribution in [0, 0.1) is 6.92 Å². The number of hydrogen-bond donors (Lipinski definition) is 0. The molecule has 0 bridgehead atoms. The summed E-state index contributed by atoms with van der Waals surface area (Å²) < 4.78 is 11.4. The Labute approximate surface area is 222 Å². The van der Waals surface area contributed by atoms with Crippen LogP contribution >= 0.6 is 46.6 Å². The van der Waals surface area contributed by atoms with Gasteiger partial charge in [0.1, 0.15) is 6.61 Å². The van der Waals surface area contributed by atoms with E-state index in [1.807, 2.05) is 31.2 Å². The lowest BCUT2D eigenvalue weighted by molar-refractivity contribution is -0.123. The Hall–Kier alpha value is -2.64. The summed E-state index contributed by atoms with van der Waals surface area (Å²) in [7, 11) is 1.51. The van der Waals surface area contributed by atoms with Crippen LogP contribution in [0.2, 0.25) is 15.1 Å². The van der Waals surface area contributed by atoms with Crippen LogP contribution in [0.1, 0.15) is 22.3 Å². The van der Waals surface area contributed by atoms with E-state index in [1.54, 1.807) is 36.4 Å². The van der Waals surface area contributed by atoms with E-state index in [0.29, 0.717) is 44.3 Å². The standard InChI is InChI=1S/C26H20Cl3NO4S/c1-15-3-5-16(6-4-15)14-34-24-21(29)10-18(11-22(24)33-2)12-23-25(31)30(26(32)35-23)13-17-7-8-19(27)20(28)9-17/h3-12H,13-14H2,1-2H3/b23-12-. The zero-order valence-corrected chi connectivity index (χ0v) is 21.9. The molecule has 0 radical (unpaired) electrons. The highest BCUT2D eigenvalue weighted by molar-refractivity contribution is 8.18. The highest BCUT2D eigenvalue weighted by Gasteiger charge is 2.35. The van der Waals surface area contributed by atoms with Crippen molar-refractivity contribution in [2.24, 2.45) is 0 Å². The summed E-state index contributed by atoms with van der Waals surface area (Å²) in [5.41, 5.74) is 3.46. The van der Waals surface area contributed by atoms with E-state index in [-0.39, 0.29) is 16.7 Å². The molecular formula is C26H20Cl3NO4S. The van der Waals surface area contributed by atoms with Gasteiger partial charge in [0.15, 0.2) is 11.5 Å². The van der Waals surface area contributed by atoms with Crippen LogP contribution in [0.25, 0.3) is 6.08 Å². The number of imide groups is 1. The normalized spacial score (nSPS) is 14.7. The Bertz CT molecular complexity index is 1320. The molecule has 2 amide bonds. The van der Waals surface area contributed by atoms with Crippen molar-refractivity contribution in [3.63, 3.8) is 0 Å². The van der Waals surface area contributed by atoms with Crippen molar-refractivity contribution in [2.75, 3.05) is 7.11 Å². The Morgan fingerprint density at radius 1 is 0.914 bits per heavy atom.